The second-order valence-electron chi connectivity index (χ2n) is 5.00. The number of hydrogen-bond acceptors (Lipinski definition) is 3. The first-order chi connectivity index (χ1) is 11.0. The standard InChI is InChI=1S/C17H12Cl2N2OS/c1-10-5-6-13-14(7-10)23-16(15(13)19)17(22)21-20-9-11-3-2-4-12(18)8-11/h2-9H,1H3,(H,21,22)/b20-9+. The minimum absolute atomic E-state index is 0.327. The molecule has 0 saturated heterocycles. The average molecular weight is 363 g/mol. The molecule has 1 heterocycles. The third kappa shape index (κ3) is 3.55. The van der Waals surface area contributed by atoms with Crippen molar-refractivity contribution in [3.8, 4) is 0 Å². The van der Waals surface area contributed by atoms with E-state index in [0.717, 1.165) is 21.2 Å². The summed E-state index contributed by atoms with van der Waals surface area (Å²) in [7, 11) is 0. The molecule has 0 fully saturated rings. The van der Waals surface area contributed by atoms with Crippen LogP contribution in [0.3, 0.4) is 0 Å². The molecule has 0 aliphatic rings. The third-order valence-corrected chi connectivity index (χ3v) is 5.11. The largest absolute Gasteiger partial charge is 0.283 e. The smallest absolute Gasteiger partial charge is 0.266 e. The van der Waals surface area contributed by atoms with Crippen molar-refractivity contribution >= 4 is 56.7 Å². The molecule has 1 amide bonds. The summed E-state index contributed by atoms with van der Waals surface area (Å²) in [6.07, 6.45) is 1.54. The number of hydrogen-bond donors (Lipinski definition) is 1. The number of hydrazone groups is 1. The fourth-order valence-electron chi connectivity index (χ4n) is 2.12. The van der Waals surface area contributed by atoms with Crippen LogP contribution in [0, 0.1) is 6.92 Å². The number of nitrogens with one attached hydrogen (secondary N) is 1. The molecule has 3 nitrogen and oxygen atoms in total. The highest BCUT2D eigenvalue weighted by Crippen LogP contribution is 2.35. The van der Waals surface area contributed by atoms with E-state index >= 15 is 0 Å². The van der Waals surface area contributed by atoms with Gasteiger partial charge in [0.15, 0.2) is 0 Å². The zero-order valence-corrected chi connectivity index (χ0v) is 14.5. The summed E-state index contributed by atoms with van der Waals surface area (Å²) in [6.45, 7) is 2.00. The number of nitrogens with zero attached hydrogens (tertiary/aromatic N) is 1. The summed E-state index contributed by atoms with van der Waals surface area (Å²) in [4.78, 5) is 12.7. The second-order valence-corrected chi connectivity index (χ2v) is 6.87. The molecular formula is C17H12Cl2N2OS. The second kappa shape index (κ2) is 6.71. The summed E-state index contributed by atoms with van der Waals surface area (Å²) >= 11 is 13.6. The highest BCUT2D eigenvalue weighted by molar-refractivity contribution is 7.21. The van der Waals surface area contributed by atoms with Crippen molar-refractivity contribution < 1.29 is 4.79 Å². The first-order valence-corrected chi connectivity index (χ1v) is 8.39. The maximum atomic E-state index is 12.3. The van der Waals surface area contributed by atoms with Crippen LogP contribution in [0.4, 0.5) is 0 Å². The number of carbonyl (C=O) groups excluding carboxylic acids is 1. The van der Waals surface area contributed by atoms with Crippen LogP contribution in [-0.2, 0) is 0 Å². The van der Waals surface area contributed by atoms with Gasteiger partial charge in [-0.1, -0.05) is 47.5 Å². The summed E-state index contributed by atoms with van der Waals surface area (Å²) in [6, 6.07) is 13.1. The van der Waals surface area contributed by atoms with Gasteiger partial charge in [-0.3, -0.25) is 4.79 Å². The number of rotatable bonds is 3. The van der Waals surface area contributed by atoms with Gasteiger partial charge in [-0.05, 0) is 36.2 Å². The van der Waals surface area contributed by atoms with Crippen molar-refractivity contribution in [2.45, 2.75) is 6.92 Å². The first-order valence-electron chi connectivity index (χ1n) is 6.82. The van der Waals surface area contributed by atoms with Crippen molar-refractivity contribution in [1.29, 1.82) is 0 Å². The maximum absolute atomic E-state index is 12.3. The molecule has 0 aliphatic heterocycles. The van der Waals surface area contributed by atoms with Crippen molar-refractivity contribution in [2.24, 2.45) is 5.10 Å². The van der Waals surface area contributed by atoms with Crippen molar-refractivity contribution in [2.75, 3.05) is 0 Å². The van der Waals surface area contributed by atoms with Gasteiger partial charge in [-0.15, -0.1) is 11.3 Å². The molecule has 116 valence electrons. The third-order valence-electron chi connectivity index (χ3n) is 3.22. The van der Waals surface area contributed by atoms with Crippen LogP contribution in [0.15, 0.2) is 47.6 Å². The van der Waals surface area contributed by atoms with Crippen molar-refractivity contribution in [3.63, 3.8) is 0 Å². The molecule has 3 aromatic rings. The summed E-state index contributed by atoms with van der Waals surface area (Å²) in [5.41, 5.74) is 4.42. The van der Waals surface area contributed by atoms with Gasteiger partial charge in [0, 0.05) is 15.1 Å². The predicted octanol–water partition coefficient (Wildman–Crippen LogP) is 5.28. The molecule has 0 saturated carbocycles. The van der Waals surface area contributed by atoms with E-state index in [1.54, 1.807) is 12.1 Å². The van der Waals surface area contributed by atoms with E-state index in [1.165, 1.54) is 17.6 Å². The number of benzene rings is 2. The van der Waals surface area contributed by atoms with Crippen LogP contribution in [0.25, 0.3) is 10.1 Å². The monoisotopic (exact) mass is 362 g/mol. The van der Waals surface area contributed by atoms with Gasteiger partial charge in [0.2, 0.25) is 0 Å². The Morgan fingerprint density at radius 2 is 2.04 bits per heavy atom. The number of thiophene rings is 1. The summed E-state index contributed by atoms with van der Waals surface area (Å²) in [5, 5.41) is 5.91. The quantitative estimate of drug-likeness (QED) is 0.499. The topological polar surface area (TPSA) is 41.5 Å². The van der Waals surface area contributed by atoms with Crippen LogP contribution >= 0.6 is 34.5 Å². The molecular weight excluding hydrogens is 351 g/mol. The highest BCUT2D eigenvalue weighted by Gasteiger charge is 2.16. The molecule has 0 bridgehead atoms. The minimum atomic E-state index is -0.327. The molecule has 0 atom stereocenters. The number of aryl methyl sites for hydroxylation is 1. The Balaban J connectivity index is 1.79. The Labute approximate surface area is 147 Å². The van der Waals surface area contributed by atoms with Crippen LogP contribution in [0.5, 0.6) is 0 Å². The van der Waals surface area contributed by atoms with Crippen LogP contribution in [-0.4, -0.2) is 12.1 Å². The first kappa shape index (κ1) is 16.0. The highest BCUT2D eigenvalue weighted by atomic mass is 35.5. The lowest BCUT2D eigenvalue weighted by molar-refractivity contribution is 0.0959. The van der Waals surface area contributed by atoms with Gasteiger partial charge in [0.25, 0.3) is 5.91 Å². The van der Waals surface area contributed by atoms with E-state index < -0.39 is 0 Å². The average Bonchev–Trinajstić information content (AvgIpc) is 2.83. The molecule has 1 N–H and O–H groups in total. The number of amides is 1. The molecule has 3 rings (SSSR count). The number of halogens is 2. The zero-order chi connectivity index (χ0) is 16.4. The lowest BCUT2D eigenvalue weighted by Crippen LogP contribution is -2.16. The molecule has 0 radical (unpaired) electrons. The van der Waals surface area contributed by atoms with Gasteiger partial charge < -0.3 is 0 Å². The molecule has 23 heavy (non-hydrogen) atoms. The van der Waals surface area contributed by atoms with Crippen LogP contribution < -0.4 is 5.43 Å². The van der Waals surface area contributed by atoms with Gasteiger partial charge in [-0.2, -0.15) is 5.10 Å². The molecule has 0 spiro atoms. The fraction of sp³-hybridized carbons (Fsp3) is 0.0588. The van der Waals surface area contributed by atoms with Crippen molar-refractivity contribution in [3.05, 3.63) is 68.5 Å². The van der Waals surface area contributed by atoms with Crippen molar-refractivity contribution in [1.82, 2.24) is 5.43 Å². The molecule has 1 aromatic heterocycles. The summed E-state index contributed by atoms with van der Waals surface area (Å²) in [5.74, 6) is -0.327. The number of carbonyl (C=O) groups is 1. The van der Waals surface area contributed by atoms with Gasteiger partial charge in [0.1, 0.15) is 4.88 Å². The predicted molar refractivity (Wildman–Crippen MR) is 98.1 cm³/mol. The van der Waals surface area contributed by atoms with E-state index in [2.05, 4.69) is 10.5 Å². The number of fused-ring (bicyclic) bond motifs is 1. The minimum Gasteiger partial charge on any atom is -0.266 e. The van der Waals surface area contributed by atoms with Gasteiger partial charge in [-0.25, -0.2) is 5.43 Å². The Morgan fingerprint density at radius 1 is 1.22 bits per heavy atom. The van der Waals surface area contributed by atoms with Crippen LogP contribution in [0.2, 0.25) is 10.0 Å². The Hall–Kier alpha value is -1.88. The summed E-state index contributed by atoms with van der Waals surface area (Å²) < 4.78 is 0.985. The fourth-order valence-corrected chi connectivity index (χ4v) is 3.83. The Kier molecular flexibility index (Phi) is 4.66. The Morgan fingerprint density at radius 3 is 2.83 bits per heavy atom. The lowest BCUT2D eigenvalue weighted by Gasteiger charge is -1.97. The van der Waals surface area contributed by atoms with E-state index in [-0.39, 0.29) is 5.91 Å². The van der Waals surface area contributed by atoms with E-state index in [9.17, 15) is 4.79 Å². The van der Waals surface area contributed by atoms with Crippen LogP contribution in [0.1, 0.15) is 20.8 Å². The maximum Gasteiger partial charge on any atom is 0.283 e. The Bertz CT molecular complexity index is 918. The van der Waals surface area contributed by atoms with E-state index in [1.807, 2.05) is 37.3 Å². The molecule has 2 aromatic carbocycles. The lowest BCUT2D eigenvalue weighted by atomic mass is 10.2. The molecule has 0 unspecified atom stereocenters. The van der Waals surface area contributed by atoms with Gasteiger partial charge >= 0.3 is 0 Å². The van der Waals surface area contributed by atoms with E-state index in [4.69, 9.17) is 23.2 Å². The normalized spacial score (nSPS) is 11.3. The molecule has 0 aliphatic carbocycles. The molecule has 6 heteroatoms. The zero-order valence-electron chi connectivity index (χ0n) is 12.1. The SMILES string of the molecule is Cc1ccc2c(Cl)c(C(=O)N/N=C/c3cccc(Cl)c3)sc2c1. The van der Waals surface area contributed by atoms with Gasteiger partial charge in [0.05, 0.1) is 11.2 Å². The van der Waals surface area contributed by atoms with E-state index in [0.29, 0.717) is 14.9 Å².